The number of esters is 2. The summed E-state index contributed by atoms with van der Waals surface area (Å²) in [4.78, 5) is 25.7. The summed E-state index contributed by atoms with van der Waals surface area (Å²) < 4.78 is 9.93. The van der Waals surface area contributed by atoms with E-state index in [0.29, 0.717) is 0 Å². The summed E-state index contributed by atoms with van der Waals surface area (Å²) in [5.74, 6) is -3.24. The number of fused-ring (bicyclic) bond motifs is 1. The fourth-order valence-electron chi connectivity index (χ4n) is 2.82. The maximum absolute atomic E-state index is 11.8. The average molecular weight is 356 g/mol. The van der Waals surface area contributed by atoms with Gasteiger partial charge in [0.2, 0.25) is 0 Å². The van der Waals surface area contributed by atoms with E-state index < -0.39 is 17.7 Å². The summed E-state index contributed by atoms with van der Waals surface area (Å²) >= 11 is 0. The molecule has 1 fully saturated rings. The van der Waals surface area contributed by atoms with Crippen LogP contribution in [0.5, 0.6) is 0 Å². The molecule has 0 aromatic heterocycles. The van der Waals surface area contributed by atoms with E-state index in [0.717, 1.165) is 30.4 Å². The van der Waals surface area contributed by atoms with Gasteiger partial charge in [-0.15, -0.1) is 0 Å². The van der Waals surface area contributed by atoms with Crippen molar-refractivity contribution in [2.75, 3.05) is 17.2 Å². The van der Waals surface area contributed by atoms with E-state index in [1.54, 1.807) is 12.3 Å². The Bertz CT molecular complexity index is 829. The number of hydrogen-bond donors (Lipinski definition) is 2. The number of carbonyl (C=O) groups is 2. The lowest BCUT2D eigenvalue weighted by atomic mass is 10.1. The molecule has 0 unspecified atom stereocenters. The second-order valence-electron chi connectivity index (χ2n) is 6.50. The zero-order valence-corrected chi connectivity index (χ0v) is 14.6. The van der Waals surface area contributed by atoms with E-state index in [-0.39, 0.29) is 11.3 Å². The number of carbonyl (C=O) groups excluding carboxylic acids is 2. The van der Waals surface area contributed by atoms with Gasteiger partial charge in [-0.25, -0.2) is 9.59 Å². The number of nitrogen functional groups attached to an aromatic ring is 1. The third kappa shape index (κ3) is 3.72. The molecule has 0 saturated carbocycles. The third-order valence-corrected chi connectivity index (χ3v) is 3.98. The summed E-state index contributed by atoms with van der Waals surface area (Å²) in [7, 11) is 0. The number of nitrogens with zero attached hydrogens (tertiary/aromatic N) is 1. The Morgan fingerprint density at radius 1 is 1.27 bits per heavy atom. The molecule has 0 radical (unpaired) electrons. The lowest BCUT2D eigenvalue weighted by Crippen LogP contribution is -2.41. The fourth-order valence-corrected chi connectivity index (χ4v) is 2.82. The van der Waals surface area contributed by atoms with Crippen LogP contribution in [0.1, 0.15) is 19.4 Å². The molecule has 1 aromatic rings. The van der Waals surface area contributed by atoms with E-state index in [1.165, 1.54) is 25.5 Å². The van der Waals surface area contributed by atoms with Crippen molar-refractivity contribution in [3.8, 4) is 0 Å². The number of rotatable bonds is 3. The number of hydrogen-bond acceptors (Lipinski definition) is 7. The molecule has 0 bridgehead atoms. The number of anilines is 2. The highest BCUT2D eigenvalue weighted by Crippen LogP contribution is 2.29. The molecule has 0 amide bonds. The molecular weight excluding hydrogens is 336 g/mol. The standard InChI is InChI=1S/C19H20N2O5/c1-19(2)25-17(23)15(18(24)26-19)11-14(22)4-3-8-21-9-7-12-10-13(20)5-6-16(12)21/h3-6,8,10-11,22H,7,9,20H2,1-2H3/b8-3+,14-4-. The number of benzene rings is 1. The maximum Gasteiger partial charge on any atom is 0.348 e. The highest BCUT2D eigenvalue weighted by Gasteiger charge is 2.38. The molecule has 7 nitrogen and oxygen atoms in total. The Balaban J connectivity index is 1.71. The smallest absolute Gasteiger partial charge is 0.348 e. The molecule has 7 heteroatoms. The molecule has 0 aliphatic carbocycles. The number of aliphatic hydroxyl groups is 1. The summed E-state index contributed by atoms with van der Waals surface area (Å²) in [5.41, 5.74) is 8.39. The highest BCUT2D eigenvalue weighted by molar-refractivity contribution is 6.15. The van der Waals surface area contributed by atoms with Crippen LogP contribution < -0.4 is 10.6 Å². The number of allylic oxidation sites excluding steroid dienone is 3. The van der Waals surface area contributed by atoms with Crippen LogP contribution >= 0.6 is 0 Å². The van der Waals surface area contributed by atoms with Gasteiger partial charge in [0, 0.05) is 44.0 Å². The largest absolute Gasteiger partial charge is 0.508 e. The van der Waals surface area contributed by atoms with Crippen molar-refractivity contribution in [2.24, 2.45) is 0 Å². The van der Waals surface area contributed by atoms with Gasteiger partial charge < -0.3 is 25.2 Å². The van der Waals surface area contributed by atoms with Crippen molar-refractivity contribution in [2.45, 2.75) is 26.1 Å². The predicted octanol–water partition coefficient (Wildman–Crippen LogP) is 2.35. The SMILES string of the molecule is CC1(C)OC(=O)C(=C/C(O)=C/C=C/N2CCc3cc(N)ccc32)C(=O)O1. The summed E-state index contributed by atoms with van der Waals surface area (Å²) in [5, 5.41) is 9.96. The number of ether oxygens (including phenoxy) is 2. The van der Waals surface area contributed by atoms with E-state index in [4.69, 9.17) is 15.2 Å². The minimum absolute atomic E-state index is 0.262. The van der Waals surface area contributed by atoms with E-state index in [1.807, 2.05) is 23.1 Å². The Hall–Kier alpha value is -3.22. The van der Waals surface area contributed by atoms with Crippen LogP contribution in [0.2, 0.25) is 0 Å². The predicted molar refractivity (Wildman–Crippen MR) is 96.1 cm³/mol. The van der Waals surface area contributed by atoms with Crippen LogP contribution in [0, 0.1) is 0 Å². The minimum Gasteiger partial charge on any atom is -0.508 e. The molecule has 26 heavy (non-hydrogen) atoms. The molecule has 2 aliphatic rings. The van der Waals surface area contributed by atoms with Crippen molar-refractivity contribution < 1.29 is 24.2 Å². The van der Waals surface area contributed by atoms with Gasteiger partial charge in [0.05, 0.1) is 0 Å². The highest BCUT2D eigenvalue weighted by atomic mass is 16.7. The first-order valence-electron chi connectivity index (χ1n) is 8.16. The quantitative estimate of drug-likeness (QED) is 0.214. The van der Waals surface area contributed by atoms with E-state index in [2.05, 4.69) is 0 Å². The van der Waals surface area contributed by atoms with Gasteiger partial charge in [-0.1, -0.05) is 0 Å². The van der Waals surface area contributed by atoms with Gasteiger partial charge in [-0.2, -0.15) is 0 Å². The number of nitrogens with two attached hydrogens (primary N) is 1. The molecule has 3 rings (SSSR count). The lowest BCUT2D eigenvalue weighted by molar-refractivity contribution is -0.222. The second kappa shape index (κ2) is 6.59. The van der Waals surface area contributed by atoms with Gasteiger partial charge in [0.15, 0.2) is 0 Å². The van der Waals surface area contributed by atoms with Crippen LogP contribution in [0.15, 0.2) is 54.0 Å². The second-order valence-corrected chi connectivity index (χ2v) is 6.50. The Morgan fingerprint density at radius 3 is 2.65 bits per heavy atom. The van der Waals surface area contributed by atoms with Gasteiger partial charge in [-0.05, 0) is 42.3 Å². The Morgan fingerprint density at radius 2 is 1.96 bits per heavy atom. The number of aliphatic hydroxyl groups excluding tert-OH is 1. The van der Waals surface area contributed by atoms with Gasteiger partial charge >= 0.3 is 11.9 Å². The fraction of sp³-hybridized carbons (Fsp3) is 0.263. The van der Waals surface area contributed by atoms with Crippen LogP contribution in [-0.4, -0.2) is 29.4 Å². The van der Waals surface area contributed by atoms with E-state index >= 15 is 0 Å². The Labute approximate surface area is 151 Å². The van der Waals surface area contributed by atoms with Crippen molar-refractivity contribution in [3.05, 3.63) is 59.5 Å². The normalized spacial score (nSPS) is 19.4. The van der Waals surface area contributed by atoms with Gasteiger partial charge in [-0.3, -0.25) is 0 Å². The van der Waals surface area contributed by atoms with Crippen LogP contribution in [0.25, 0.3) is 0 Å². The van der Waals surface area contributed by atoms with Crippen LogP contribution in [0.4, 0.5) is 11.4 Å². The molecule has 2 heterocycles. The zero-order chi connectivity index (χ0) is 18.9. The molecule has 3 N–H and O–H groups in total. The molecule has 0 spiro atoms. The summed E-state index contributed by atoms with van der Waals surface area (Å²) in [6, 6.07) is 5.73. The summed E-state index contributed by atoms with van der Waals surface area (Å²) in [6.07, 6.45) is 6.72. The summed E-state index contributed by atoms with van der Waals surface area (Å²) in [6.45, 7) is 3.72. The third-order valence-electron chi connectivity index (χ3n) is 3.98. The molecular formula is C19H20N2O5. The van der Waals surface area contributed by atoms with Crippen molar-refractivity contribution >= 4 is 23.3 Å². The molecule has 136 valence electrons. The molecule has 1 saturated heterocycles. The first kappa shape index (κ1) is 17.6. The van der Waals surface area contributed by atoms with Gasteiger partial charge in [0.25, 0.3) is 5.79 Å². The minimum atomic E-state index is -1.31. The lowest BCUT2D eigenvalue weighted by Gasteiger charge is -2.29. The first-order chi connectivity index (χ1) is 12.2. The van der Waals surface area contributed by atoms with Gasteiger partial charge in [0.1, 0.15) is 11.3 Å². The van der Waals surface area contributed by atoms with Crippen LogP contribution in [0.3, 0.4) is 0 Å². The average Bonchev–Trinajstić information content (AvgIpc) is 2.92. The zero-order valence-electron chi connectivity index (χ0n) is 14.6. The van der Waals surface area contributed by atoms with Crippen molar-refractivity contribution in [3.63, 3.8) is 0 Å². The molecule has 0 atom stereocenters. The maximum atomic E-state index is 11.8. The first-order valence-corrected chi connectivity index (χ1v) is 8.16. The molecule has 2 aliphatic heterocycles. The topological polar surface area (TPSA) is 102 Å². The van der Waals surface area contributed by atoms with E-state index in [9.17, 15) is 14.7 Å². The van der Waals surface area contributed by atoms with Crippen molar-refractivity contribution in [1.82, 2.24) is 0 Å². The van der Waals surface area contributed by atoms with Crippen LogP contribution in [-0.2, 0) is 25.5 Å². The number of cyclic esters (lactones) is 2. The monoisotopic (exact) mass is 356 g/mol. The Kier molecular flexibility index (Phi) is 4.46. The molecule has 1 aromatic carbocycles. The van der Waals surface area contributed by atoms with Crippen molar-refractivity contribution in [1.29, 1.82) is 0 Å².